The van der Waals surface area contributed by atoms with Crippen molar-refractivity contribution >= 4 is 17.8 Å². The molecule has 7 nitrogen and oxygen atoms in total. The van der Waals surface area contributed by atoms with Crippen LogP contribution >= 0.6 is 0 Å². The Labute approximate surface area is 114 Å². The van der Waals surface area contributed by atoms with E-state index in [-0.39, 0.29) is 11.4 Å². The van der Waals surface area contributed by atoms with Crippen molar-refractivity contribution in [3.8, 4) is 0 Å². The number of carboxylic acids is 1. The van der Waals surface area contributed by atoms with Gasteiger partial charge in [0.25, 0.3) is 0 Å². The van der Waals surface area contributed by atoms with E-state index >= 15 is 0 Å². The van der Waals surface area contributed by atoms with Crippen LogP contribution in [0.2, 0.25) is 0 Å². The lowest BCUT2D eigenvalue weighted by atomic mass is 10.3. The maximum absolute atomic E-state index is 11.6. The number of aromatic carboxylic acids is 1. The summed E-state index contributed by atoms with van der Waals surface area (Å²) in [4.78, 5) is 30.0. The van der Waals surface area contributed by atoms with Gasteiger partial charge in [-0.3, -0.25) is 10.3 Å². The Morgan fingerprint density at radius 1 is 1.15 bits per heavy atom. The maximum Gasteiger partial charge on any atom is 0.337 e. The number of rotatable bonds is 4. The lowest BCUT2D eigenvalue weighted by molar-refractivity contribution is 0.0696. The monoisotopic (exact) mass is 272 g/mol. The van der Waals surface area contributed by atoms with Crippen molar-refractivity contribution in [2.75, 3.05) is 5.32 Å². The van der Waals surface area contributed by atoms with E-state index in [9.17, 15) is 9.59 Å². The second-order valence-electron chi connectivity index (χ2n) is 3.90. The second-order valence-corrected chi connectivity index (χ2v) is 3.90. The van der Waals surface area contributed by atoms with E-state index in [1.54, 1.807) is 24.5 Å². The number of nitrogens with one attached hydrogen (secondary N) is 2. The Balaban J connectivity index is 1.86. The SMILES string of the molecule is O=C(NCc1ccncc1)Nc1ccc(C(=O)O)cn1. The molecule has 0 atom stereocenters. The van der Waals surface area contributed by atoms with Crippen molar-refractivity contribution in [2.45, 2.75) is 6.54 Å². The summed E-state index contributed by atoms with van der Waals surface area (Å²) >= 11 is 0. The molecule has 0 aromatic carbocycles. The summed E-state index contributed by atoms with van der Waals surface area (Å²) in [6, 6.07) is 5.96. The summed E-state index contributed by atoms with van der Waals surface area (Å²) in [5.41, 5.74) is 0.983. The number of hydrogen-bond donors (Lipinski definition) is 3. The molecular formula is C13H12N4O3. The minimum Gasteiger partial charge on any atom is -0.478 e. The smallest absolute Gasteiger partial charge is 0.337 e. The van der Waals surface area contributed by atoms with Gasteiger partial charge in [0.15, 0.2) is 0 Å². The Morgan fingerprint density at radius 3 is 2.50 bits per heavy atom. The molecule has 0 fully saturated rings. The summed E-state index contributed by atoms with van der Waals surface area (Å²) in [7, 11) is 0. The van der Waals surface area contributed by atoms with Gasteiger partial charge < -0.3 is 10.4 Å². The maximum atomic E-state index is 11.6. The number of nitrogens with zero attached hydrogens (tertiary/aromatic N) is 2. The molecule has 2 amide bonds. The average Bonchev–Trinajstić information content (AvgIpc) is 2.47. The normalized spacial score (nSPS) is 9.80. The van der Waals surface area contributed by atoms with Gasteiger partial charge in [0, 0.05) is 25.1 Å². The number of carbonyl (C=O) groups is 2. The molecule has 20 heavy (non-hydrogen) atoms. The van der Waals surface area contributed by atoms with Gasteiger partial charge >= 0.3 is 12.0 Å². The Hall–Kier alpha value is -2.96. The zero-order valence-electron chi connectivity index (χ0n) is 10.4. The van der Waals surface area contributed by atoms with E-state index in [0.717, 1.165) is 5.56 Å². The van der Waals surface area contributed by atoms with E-state index in [4.69, 9.17) is 5.11 Å². The van der Waals surface area contributed by atoms with Gasteiger partial charge in [-0.1, -0.05) is 0 Å². The number of aromatic nitrogens is 2. The summed E-state index contributed by atoms with van der Waals surface area (Å²) in [5.74, 6) is -0.784. The van der Waals surface area contributed by atoms with Crippen molar-refractivity contribution in [3.05, 3.63) is 54.0 Å². The van der Waals surface area contributed by atoms with Gasteiger partial charge in [0.1, 0.15) is 5.82 Å². The zero-order chi connectivity index (χ0) is 14.4. The van der Waals surface area contributed by atoms with Gasteiger partial charge in [-0.05, 0) is 29.8 Å². The molecule has 0 spiro atoms. The first-order valence-corrected chi connectivity index (χ1v) is 5.78. The molecule has 0 radical (unpaired) electrons. The minimum absolute atomic E-state index is 0.0627. The quantitative estimate of drug-likeness (QED) is 0.782. The largest absolute Gasteiger partial charge is 0.478 e. The predicted molar refractivity (Wildman–Crippen MR) is 71.3 cm³/mol. The van der Waals surface area contributed by atoms with Crippen molar-refractivity contribution < 1.29 is 14.7 Å². The molecule has 3 N–H and O–H groups in total. The van der Waals surface area contributed by atoms with E-state index < -0.39 is 12.0 Å². The zero-order valence-corrected chi connectivity index (χ0v) is 10.4. The highest BCUT2D eigenvalue weighted by Gasteiger charge is 2.05. The molecule has 0 aliphatic heterocycles. The third kappa shape index (κ3) is 3.77. The fraction of sp³-hybridized carbons (Fsp3) is 0.0769. The molecule has 0 aliphatic rings. The van der Waals surface area contributed by atoms with E-state index in [1.165, 1.54) is 18.3 Å². The Morgan fingerprint density at radius 2 is 1.90 bits per heavy atom. The van der Waals surface area contributed by atoms with Gasteiger partial charge in [0.05, 0.1) is 5.56 Å². The lowest BCUT2D eigenvalue weighted by Gasteiger charge is -2.07. The van der Waals surface area contributed by atoms with Crippen molar-refractivity contribution in [1.29, 1.82) is 0 Å². The molecule has 2 aromatic rings. The van der Waals surface area contributed by atoms with E-state index in [2.05, 4.69) is 20.6 Å². The van der Waals surface area contributed by atoms with Crippen LogP contribution in [0, 0.1) is 0 Å². The summed E-state index contributed by atoms with van der Waals surface area (Å²) in [5, 5.41) is 13.9. The molecule has 102 valence electrons. The number of carbonyl (C=O) groups excluding carboxylic acids is 1. The van der Waals surface area contributed by atoms with Gasteiger partial charge in [-0.25, -0.2) is 14.6 Å². The molecule has 0 aliphatic carbocycles. The summed E-state index contributed by atoms with van der Waals surface area (Å²) in [6.45, 7) is 0.363. The van der Waals surface area contributed by atoms with Crippen LogP contribution in [0.15, 0.2) is 42.9 Å². The number of carboxylic acid groups (broad SMARTS) is 1. The first kappa shape index (κ1) is 13.5. The van der Waals surface area contributed by atoms with Crippen LogP contribution in [0.25, 0.3) is 0 Å². The van der Waals surface area contributed by atoms with Crippen molar-refractivity contribution in [2.24, 2.45) is 0 Å². The van der Waals surface area contributed by atoms with Crippen molar-refractivity contribution in [1.82, 2.24) is 15.3 Å². The summed E-state index contributed by atoms with van der Waals surface area (Å²) in [6.07, 6.45) is 4.46. The minimum atomic E-state index is -1.06. The first-order chi connectivity index (χ1) is 9.65. The van der Waals surface area contributed by atoms with Crippen LogP contribution in [0.4, 0.5) is 10.6 Å². The first-order valence-electron chi connectivity index (χ1n) is 5.78. The molecule has 0 bridgehead atoms. The van der Waals surface area contributed by atoms with Crippen LogP contribution in [-0.2, 0) is 6.54 Å². The second kappa shape index (κ2) is 6.28. The summed E-state index contributed by atoms with van der Waals surface area (Å²) < 4.78 is 0. The van der Waals surface area contributed by atoms with Crippen LogP contribution in [0.5, 0.6) is 0 Å². The van der Waals surface area contributed by atoms with Crippen LogP contribution < -0.4 is 10.6 Å². The molecule has 0 saturated heterocycles. The third-order valence-electron chi connectivity index (χ3n) is 2.45. The topological polar surface area (TPSA) is 104 Å². The van der Waals surface area contributed by atoms with Gasteiger partial charge in [-0.2, -0.15) is 0 Å². The highest BCUT2D eigenvalue weighted by Crippen LogP contribution is 2.05. The number of hydrogen-bond acceptors (Lipinski definition) is 4. The third-order valence-corrected chi connectivity index (χ3v) is 2.45. The van der Waals surface area contributed by atoms with Gasteiger partial charge in [0.2, 0.25) is 0 Å². The fourth-order valence-corrected chi connectivity index (χ4v) is 1.44. The Bertz CT molecular complexity index is 599. The highest BCUT2D eigenvalue weighted by molar-refractivity contribution is 5.90. The highest BCUT2D eigenvalue weighted by atomic mass is 16.4. The molecule has 2 aromatic heterocycles. The molecule has 0 saturated carbocycles. The average molecular weight is 272 g/mol. The van der Waals surface area contributed by atoms with E-state index in [1.807, 2.05) is 0 Å². The number of anilines is 1. The molecule has 7 heteroatoms. The van der Waals surface area contributed by atoms with Gasteiger partial charge in [-0.15, -0.1) is 0 Å². The Kier molecular flexibility index (Phi) is 4.23. The van der Waals surface area contributed by atoms with Crippen LogP contribution in [0.3, 0.4) is 0 Å². The molecular weight excluding hydrogens is 260 g/mol. The van der Waals surface area contributed by atoms with Crippen LogP contribution in [0.1, 0.15) is 15.9 Å². The van der Waals surface area contributed by atoms with E-state index in [0.29, 0.717) is 6.54 Å². The van der Waals surface area contributed by atoms with Crippen molar-refractivity contribution in [3.63, 3.8) is 0 Å². The lowest BCUT2D eigenvalue weighted by Crippen LogP contribution is -2.28. The standard InChI is InChI=1S/C13H12N4O3/c18-12(19)10-1-2-11(15-8-10)17-13(20)16-7-9-3-5-14-6-4-9/h1-6,8H,7H2,(H,18,19)(H2,15,16,17,20). The predicted octanol–water partition coefficient (Wildman–Crippen LogP) is 1.50. The molecule has 2 rings (SSSR count). The number of amides is 2. The molecule has 2 heterocycles. The van der Waals surface area contributed by atoms with Crippen LogP contribution in [-0.4, -0.2) is 27.1 Å². The number of urea groups is 1. The molecule has 0 unspecified atom stereocenters. The number of pyridine rings is 2. The fourth-order valence-electron chi connectivity index (χ4n) is 1.44.